The molecule has 2 fully saturated rings. The van der Waals surface area contributed by atoms with Gasteiger partial charge in [0.1, 0.15) is 11.6 Å². The summed E-state index contributed by atoms with van der Waals surface area (Å²) in [5.41, 5.74) is 0.191. The third-order valence-corrected chi connectivity index (χ3v) is 3.54. The van der Waals surface area contributed by atoms with Crippen molar-refractivity contribution >= 4 is 0 Å². The molecule has 17 heavy (non-hydrogen) atoms. The van der Waals surface area contributed by atoms with Crippen LogP contribution in [0.4, 0.5) is 4.39 Å². The molecule has 1 aromatic rings. The fraction of sp³-hybridized carbons (Fsp3) is 0.571. The zero-order chi connectivity index (χ0) is 11.9. The predicted molar refractivity (Wildman–Crippen MR) is 62.5 cm³/mol. The van der Waals surface area contributed by atoms with Crippen LogP contribution in [0.15, 0.2) is 18.2 Å². The molecule has 0 bridgehead atoms. The lowest BCUT2D eigenvalue weighted by atomic mass is 10.1. The number of benzene rings is 1. The summed E-state index contributed by atoms with van der Waals surface area (Å²) in [4.78, 5) is 0. The molecule has 0 unspecified atom stereocenters. The van der Waals surface area contributed by atoms with Crippen molar-refractivity contribution in [2.45, 2.75) is 37.7 Å². The molecule has 0 spiro atoms. The molecule has 92 valence electrons. The predicted octanol–water partition coefficient (Wildman–Crippen LogP) is 2.68. The molecule has 2 aliphatic rings. The van der Waals surface area contributed by atoms with Crippen LogP contribution < -0.4 is 4.74 Å². The molecule has 1 aromatic carbocycles. The molecule has 0 aromatic heterocycles. The molecular weight excluding hydrogens is 219 g/mol. The van der Waals surface area contributed by atoms with Crippen LogP contribution in [-0.4, -0.2) is 17.3 Å². The Balaban J connectivity index is 1.74. The second-order valence-corrected chi connectivity index (χ2v) is 5.41. The molecule has 1 N–H and O–H groups in total. The molecule has 0 saturated heterocycles. The van der Waals surface area contributed by atoms with Crippen molar-refractivity contribution < 1.29 is 14.2 Å². The fourth-order valence-electron chi connectivity index (χ4n) is 1.99. The van der Waals surface area contributed by atoms with Gasteiger partial charge in [-0.2, -0.15) is 0 Å². The molecular formula is C14H17FO2. The minimum atomic E-state index is -0.606. The van der Waals surface area contributed by atoms with Gasteiger partial charge < -0.3 is 9.84 Å². The van der Waals surface area contributed by atoms with Gasteiger partial charge in [-0.15, -0.1) is 0 Å². The van der Waals surface area contributed by atoms with Crippen LogP contribution in [0, 0.1) is 11.7 Å². The van der Waals surface area contributed by atoms with E-state index in [9.17, 15) is 9.50 Å². The average Bonchev–Trinajstić information content (AvgIpc) is 3.16. The molecule has 2 nitrogen and oxygen atoms in total. The van der Waals surface area contributed by atoms with E-state index in [1.807, 2.05) is 0 Å². The summed E-state index contributed by atoms with van der Waals surface area (Å²) < 4.78 is 18.9. The highest BCUT2D eigenvalue weighted by Gasteiger charge is 2.41. The van der Waals surface area contributed by atoms with Crippen molar-refractivity contribution in [1.82, 2.24) is 0 Å². The van der Waals surface area contributed by atoms with E-state index >= 15 is 0 Å². The Morgan fingerprint density at radius 2 is 2.12 bits per heavy atom. The van der Waals surface area contributed by atoms with Crippen LogP contribution in [0.1, 0.15) is 31.2 Å². The van der Waals surface area contributed by atoms with Gasteiger partial charge in [0.05, 0.1) is 12.2 Å². The Bertz CT molecular complexity index is 422. The first-order valence-electron chi connectivity index (χ1n) is 6.28. The van der Waals surface area contributed by atoms with Gasteiger partial charge in [-0.1, -0.05) is 0 Å². The molecule has 0 heterocycles. The van der Waals surface area contributed by atoms with Crippen molar-refractivity contribution in [3.8, 4) is 5.75 Å². The summed E-state index contributed by atoms with van der Waals surface area (Å²) in [6.07, 6.45) is 4.60. The first kappa shape index (κ1) is 11.0. The van der Waals surface area contributed by atoms with Crippen LogP contribution >= 0.6 is 0 Å². The summed E-state index contributed by atoms with van der Waals surface area (Å²) in [5, 5.41) is 9.91. The summed E-state index contributed by atoms with van der Waals surface area (Å²) >= 11 is 0. The highest BCUT2D eigenvalue weighted by Crippen LogP contribution is 2.40. The highest BCUT2D eigenvalue weighted by atomic mass is 19.1. The minimum Gasteiger partial charge on any atom is -0.493 e. The molecule has 0 radical (unpaired) electrons. The van der Waals surface area contributed by atoms with E-state index in [1.54, 1.807) is 6.07 Å². The molecule has 0 atom stereocenters. The summed E-state index contributed by atoms with van der Waals surface area (Å²) in [5.74, 6) is 1.15. The maximum Gasteiger partial charge on any atom is 0.123 e. The summed E-state index contributed by atoms with van der Waals surface area (Å²) in [6, 6.07) is 4.58. The van der Waals surface area contributed by atoms with E-state index in [0.29, 0.717) is 12.3 Å². The smallest absolute Gasteiger partial charge is 0.123 e. The number of ether oxygens (including phenoxy) is 1. The second kappa shape index (κ2) is 3.98. The normalized spacial score (nSPS) is 21.3. The zero-order valence-corrected chi connectivity index (χ0v) is 9.79. The molecule has 2 saturated carbocycles. The number of hydrogen-bond acceptors (Lipinski definition) is 2. The number of hydrogen-bond donors (Lipinski definition) is 1. The molecule has 3 rings (SSSR count). The molecule has 3 heteroatoms. The number of aliphatic hydroxyl groups is 1. The van der Waals surface area contributed by atoms with Crippen LogP contribution in [0.25, 0.3) is 0 Å². The SMILES string of the molecule is OC1(Cc2cc(F)ccc2OCC2CC2)CC1. The van der Waals surface area contributed by atoms with E-state index < -0.39 is 5.60 Å². The Kier molecular flexibility index (Phi) is 2.58. The van der Waals surface area contributed by atoms with E-state index in [1.165, 1.54) is 25.0 Å². The van der Waals surface area contributed by atoms with Gasteiger partial charge in [-0.05, 0) is 55.4 Å². The number of rotatable bonds is 5. The largest absolute Gasteiger partial charge is 0.493 e. The maximum absolute atomic E-state index is 13.2. The Labute approximate surface area is 100 Å². The van der Waals surface area contributed by atoms with Crippen molar-refractivity contribution in [1.29, 1.82) is 0 Å². The van der Waals surface area contributed by atoms with Gasteiger partial charge >= 0.3 is 0 Å². The van der Waals surface area contributed by atoms with Crippen LogP contribution in [-0.2, 0) is 6.42 Å². The number of halogens is 1. The van der Waals surface area contributed by atoms with Gasteiger partial charge in [0.2, 0.25) is 0 Å². The first-order valence-corrected chi connectivity index (χ1v) is 6.28. The standard InChI is InChI=1S/C14H17FO2/c15-12-3-4-13(17-9-10-1-2-10)11(7-12)8-14(16)5-6-14/h3-4,7,10,16H,1-2,5-6,8-9H2. The molecule has 0 aliphatic heterocycles. The van der Waals surface area contributed by atoms with E-state index in [4.69, 9.17) is 4.74 Å². The van der Waals surface area contributed by atoms with E-state index in [2.05, 4.69) is 0 Å². The lowest BCUT2D eigenvalue weighted by Crippen LogP contribution is -2.12. The third-order valence-electron chi connectivity index (χ3n) is 3.54. The quantitative estimate of drug-likeness (QED) is 0.851. The van der Waals surface area contributed by atoms with Gasteiger partial charge in [0.15, 0.2) is 0 Å². The molecule has 2 aliphatic carbocycles. The van der Waals surface area contributed by atoms with E-state index in [-0.39, 0.29) is 5.82 Å². The Morgan fingerprint density at radius 3 is 2.76 bits per heavy atom. The van der Waals surface area contributed by atoms with Crippen molar-refractivity contribution in [3.63, 3.8) is 0 Å². The lowest BCUT2D eigenvalue weighted by molar-refractivity contribution is 0.149. The van der Waals surface area contributed by atoms with Gasteiger partial charge in [-0.3, -0.25) is 0 Å². The van der Waals surface area contributed by atoms with Gasteiger partial charge in [0, 0.05) is 6.42 Å². The van der Waals surface area contributed by atoms with Crippen molar-refractivity contribution in [2.75, 3.05) is 6.61 Å². The fourth-order valence-corrected chi connectivity index (χ4v) is 1.99. The second-order valence-electron chi connectivity index (χ2n) is 5.41. The monoisotopic (exact) mass is 236 g/mol. The highest BCUT2D eigenvalue weighted by molar-refractivity contribution is 5.36. The third kappa shape index (κ3) is 2.78. The first-order chi connectivity index (χ1) is 8.15. The average molecular weight is 236 g/mol. The van der Waals surface area contributed by atoms with E-state index in [0.717, 1.165) is 30.8 Å². The molecule has 0 amide bonds. The zero-order valence-electron chi connectivity index (χ0n) is 9.79. The lowest BCUT2D eigenvalue weighted by Gasteiger charge is -2.14. The summed E-state index contributed by atoms with van der Waals surface area (Å²) in [6.45, 7) is 0.719. The maximum atomic E-state index is 13.2. The van der Waals surface area contributed by atoms with Gasteiger partial charge in [-0.25, -0.2) is 4.39 Å². The topological polar surface area (TPSA) is 29.5 Å². The minimum absolute atomic E-state index is 0.261. The van der Waals surface area contributed by atoms with Gasteiger partial charge in [0.25, 0.3) is 0 Å². The van der Waals surface area contributed by atoms with Crippen molar-refractivity contribution in [2.24, 2.45) is 5.92 Å². The summed E-state index contributed by atoms with van der Waals surface area (Å²) in [7, 11) is 0. The van der Waals surface area contributed by atoms with Crippen LogP contribution in [0.2, 0.25) is 0 Å². The van der Waals surface area contributed by atoms with Crippen LogP contribution in [0.3, 0.4) is 0 Å². The Hall–Kier alpha value is -1.09. The Morgan fingerprint density at radius 1 is 1.35 bits per heavy atom. The van der Waals surface area contributed by atoms with Crippen LogP contribution in [0.5, 0.6) is 5.75 Å². The van der Waals surface area contributed by atoms with Crippen molar-refractivity contribution in [3.05, 3.63) is 29.6 Å².